The van der Waals surface area contributed by atoms with E-state index < -0.39 is 11.9 Å². The first kappa shape index (κ1) is 11.9. The molecule has 0 aliphatic heterocycles. The number of carboxylic acid groups (broad SMARTS) is 2. The molecule has 0 saturated carbocycles. The van der Waals surface area contributed by atoms with Gasteiger partial charge in [0, 0.05) is 28.7 Å². The molecule has 1 aromatic heterocycles. The highest BCUT2D eigenvalue weighted by Gasteiger charge is 2.08. The van der Waals surface area contributed by atoms with E-state index >= 15 is 0 Å². The normalized spacial score (nSPS) is 11.1. The fraction of sp³-hybridized carbons (Fsp3) is 0.0769. The van der Waals surface area contributed by atoms with E-state index in [0.29, 0.717) is 5.56 Å². The van der Waals surface area contributed by atoms with Gasteiger partial charge in [0.2, 0.25) is 0 Å². The van der Waals surface area contributed by atoms with Crippen LogP contribution >= 0.6 is 0 Å². The van der Waals surface area contributed by atoms with Crippen LogP contribution in [0.2, 0.25) is 0 Å². The Balaban J connectivity index is 2.53. The van der Waals surface area contributed by atoms with Gasteiger partial charge in [0.05, 0.1) is 0 Å². The smallest absolute Gasteiger partial charge is 0.328 e. The summed E-state index contributed by atoms with van der Waals surface area (Å²) >= 11 is 0. The highest BCUT2D eigenvalue weighted by molar-refractivity contribution is 5.94. The van der Waals surface area contributed by atoms with Crippen molar-refractivity contribution in [3.8, 4) is 0 Å². The zero-order chi connectivity index (χ0) is 13.1. The second-order valence-corrected chi connectivity index (χ2v) is 3.79. The maximum atomic E-state index is 10.8. The average molecular weight is 245 g/mol. The Morgan fingerprint density at radius 2 is 1.94 bits per heavy atom. The number of hydrogen-bond acceptors (Lipinski definition) is 2. The van der Waals surface area contributed by atoms with Gasteiger partial charge in [-0.05, 0) is 12.1 Å². The fourth-order valence-electron chi connectivity index (χ4n) is 1.85. The van der Waals surface area contributed by atoms with Crippen molar-refractivity contribution < 1.29 is 19.8 Å². The molecule has 92 valence electrons. The molecule has 5 nitrogen and oxygen atoms in total. The van der Waals surface area contributed by atoms with E-state index in [-0.39, 0.29) is 6.54 Å². The molecule has 0 atom stereocenters. The Morgan fingerprint density at radius 3 is 2.61 bits per heavy atom. The van der Waals surface area contributed by atoms with Gasteiger partial charge < -0.3 is 14.8 Å². The third kappa shape index (κ3) is 2.40. The minimum Gasteiger partial charge on any atom is -0.480 e. The molecule has 5 heteroatoms. The number of rotatable bonds is 4. The lowest BCUT2D eigenvalue weighted by Crippen LogP contribution is -2.07. The molecule has 0 unspecified atom stereocenters. The summed E-state index contributed by atoms with van der Waals surface area (Å²) in [7, 11) is 0. The van der Waals surface area contributed by atoms with Gasteiger partial charge in [-0.3, -0.25) is 4.79 Å². The van der Waals surface area contributed by atoms with Crippen molar-refractivity contribution in [1.29, 1.82) is 0 Å². The average Bonchev–Trinajstić information content (AvgIpc) is 2.65. The van der Waals surface area contributed by atoms with Gasteiger partial charge >= 0.3 is 11.9 Å². The third-order valence-electron chi connectivity index (χ3n) is 2.53. The molecular weight excluding hydrogens is 234 g/mol. The minimum atomic E-state index is -1.04. The molecule has 1 heterocycles. The van der Waals surface area contributed by atoms with Crippen molar-refractivity contribution in [1.82, 2.24) is 4.57 Å². The molecular formula is C13H11NO4. The van der Waals surface area contributed by atoms with Gasteiger partial charge in [0.25, 0.3) is 0 Å². The van der Waals surface area contributed by atoms with Crippen LogP contribution in [0.15, 0.2) is 36.5 Å². The van der Waals surface area contributed by atoms with Crippen molar-refractivity contribution in [3.63, 3.8) is 0 Å². The molecule has 0 bridgehead atoms. The van der Waals surface area contributed by atoms with Crippen LogP contribution < -0.4 is 0 Å². The van der Waals surface area contributed by atoms with E-state index in [2.05, 4.69) is 0 Å². The molecule has 0 amide bonds. The minimum absolute atomic E-state index is 0.151. The summed E-state index contributed by atoms with van der Waals surface area (Å²) in [5.41, 5.74) is 1.46. The second-order valence-electron chi connectivity index (χ2n) is 3.79. The summed E-state index contributed by atoms with van der Waals surface area (Å²) in [5.74, 6) is -1.98. The van der Waals surface area contributed by atoms with E-state index in [4.69, 9.17) is 10.2 Å². The Morgan fingerprint density at radius 1 is 1.22 bits per heavy atom. The van der Waals surface area contributed by atoms with Crippen LogP contribution in [-0.4, -0.2) is 26.7 Å². The maximum absolute atomic E-state index is 10.8. The van der Waals surface area contributed by atoms with Crippen LogP contribution in [0.1, 0.15) is 5.56 Å². The molecule has 1 aromatic carbocycles. The van der Waals surface area contributed by atoms with E-state index in [9.17, 15) is 9.59 Å². The lowest BCUT2D eigenvalue weighted by Gasteiger charge is -1.99. The van der Waals surface area contributed by atoms with E-state index in [1.165, 1.54) is 6.08 Å². The summed E-state index contributed by atoms with van der Waals surface area (Å²) in [5, 5.41) is 18.3. The van der Waals surface area contributed by atoms with Crippen LogP contribution in [0.4, 0.5) is 0 Å². The van der Waals surface area contributed by atoms with Crippen molar-refractivity contribution >= 4 is 28.9 Å². The summed E-state index contributed by atoms with van der Waals surface area (Å²) in [6, 6.07) is 7.27. The first-order valence-electron chi connectivity index (χ1n) is 5.28. The SMILES string of the molecule is O=C(O)C=Cc1cn(CC(=O)O)c2ccccc12. The summed E-state index contributed by atoms with van der Waals surface area (Å²) in [6.07, 6.45) is 4.13. The lowest BCUT2D eigenvalue weighted by molar-refractivity contribution is -0.137. The van der Waals surface area contributed by atoms with Crippen LogP contribution in [-0.2, 0) is 16.1 Å². The van der Waals surface area contributed by atoms with Crippen molar-refractivity contribution in [3.05, 3.63) is 42.1 Å². The number of hydrogen-bond donors (Lipinski definition) is 2. The van der Waals surface area contributed by atoms with Crippen LogP contribution in [0.5, 0.6) is 0 Å². The Bertz CT molecular complexity index is 639. The molecule has 2 aromatic rings. The molecule has 0 spiro atoms. The van der Waals surface area contributed by atoms with Gasteiger partial charge in [-0.25, -0.2) is 4.79 Å². The van der Waals surface area contributed by atoms with E-state index in [1.54, 1.807) is 16.8 Å². The quantitative estimate of drug-likeness (QED) is 0.805. The molecule has 2 rings (SSSR count). The molecule has 2 N–H and O–H groups in total. The number of fused-ring (bicyclic) bond motifs is 1. The van der Waals surface area contributed by atoms with Gasteiger partial charge in [0.15, 0.2) is 0 Å². The Kier molecular flexibility index (Phi) is 3.14. The second kappa shape index (κ2) is 4.75. The number of carboxylic acids is 2. The number of aliphatic carboxylic acids is 2. The lowest BCUT2D eigenvalue weighted by atomic mass is 10.1. The predicted octanol–water partition coefficient (Wildman–Crippen LogP) is 1.82. The largest absolute Gasteiger partial charge is 0.480 e. The van der Waals surface area contributed by atoms with Crippen LogP contribution in [0, 0.1) is 0 Å². The van der Waals surface area contributed by atoms with Crippen molar-refractivity contribution in [2.75, 3.05) is 0 Å². The Labute approximate surface area is 103 Å². The van der Waals surface area contributed by atoms with Gasteiger partial charge in [0.1, 0.15) is 6.54 Å². The van der Waals surface area contributed by atoms with Crippen LogP contribution in [0.25, 0.3) is 17.0 Å². The summed E-state index contributed by atoms with van der Waals surface area (Å²) in [4.78, 5) is 21.3. The van der Waals surface area contributed by atoms with Gasteiger partial charge in [-0.1, -0.05) is 18.2 Å². The first-order chi connectivity index (χ1) is 8.58. The van der Waals surface area contributed by atoms with Crippen LogP contribution in [0.3, 0.4) is 0 Å². The molecule has 0 aliphatic carbocycles. The molecule has 0 aliphatic rings. The highest BCUT2D eigenvalue weighted by Crippen LogP contribution is 2.22. The van der Waals surface area contributed by atoms with Gasteiger partial charge in [-0.2, -0.15) is 0 Å². The predicted molar refractivity (Wildman–Crippen MR) is 66.2 cm³/mol. The third-order valence-corrected chi connectivity index (χ3v) is 2.53. The zero-order valence-electron chi connectivity index (χ0n) is 9.41. The van der Waals surface area contributed by atoms with E-state index in [0.717, 1.165) is 17.0 Å². The molecule has 0 fully saturated rings. The number of benzene rings is 1. The maximum Gasteiger partial charge on any atom is 0.328 e. The summed E-state index contributed by atoms with van der Waals surface area (Å²) < 4.78 is 1.58. The number of carbonyl (C=O) groups is 2. The number of aromatic nitrogens is 1. The van der Waals surface area contributed by atoms with Crippen molar-refractivity contribution in [2.24, 2.45) is 0 Å². The number of para-hydroxylation sites is 1. The van der Waals surface area contributed by atoms with Crippen molar-refractivity contribution in [2.45, 2.75) is 6.54 Å². The van der Waals surface area contributed by atoms with Gasteiger partial charge in [-0.15, -0.1) is 0 Å². The molecule has 0 saturated heterocycles. The number of nitrogens with zero attached hydrogens (tertiary/aromatic N) is 1. The summed E-state index contributed by atoms with van der Waals surface area (Å²) in [6.45, 7) is -0.151. The highest BCUT2D eigenvalue weighted by atomic mass is 16.4. The zero-order valence-corrected chi connectivity index (χ0v) is 9.41. The Hall–Kier alpha value is -2.56. The molecule has 18 heavy (non-hydrogen) atoms. The molecule has 0 radical (unpaired) electrons. The monoisotopic (exact) mass is 245 g/mol. The van der Waals surface area contributed by atoms with E-state index in [1.807, 2.05) is 18.2 Å². The first-order valence-corrected chi connectivity index (χ1v) is 5.28. The standard InChI is InChI=1S/C13H11NO4/c15-12(16)6-5-9-7-14(8-13(17)18)11-4-2-1-3-10(9)11/h1-7H,8H2,(H,15,16)(H,17,18). The fourth-order valence-corrected chi connectivity index (χ4v) is 1.85. The topological polar surface area (TPSA) is 79.5 Å².